The Kier molecular flexibility index (Phi) is 5.22. The number of anilines is 1. The van der Waals surface area contributed by atoms with Crippen LogP contribution in [0, 0.1) is 6.92 Å². The number of ether oxygens (including phenoxy) is 2. The highest BCUT2D eigenvalue weighted by atomic mass is 32.1. The molecule has 0 aliphatic heterocycles. The standard InChI is InChI=1S/C18H17N3O5S/c1-4-26-17(24)15-9(2)20-18(27-15)21-16(23)12-8-19-13-6-5-10(25-3)7-11(13)14(12)22/h5-8H,4H2,1-3H3,(H,19,22)(H,20,21,23). The van der Waals surface area contributed by atoms with E-state index < -0.39 is 17.3 Å². The van der Waals surface area contributed by atoms with Crippen molar-refractivity contribution in [3.05, 3.63) is 50.8 Å². The van der Waals surface area contributed by atoms with Gasteiger partial charge in [0.05, 0.1) is 19.4 Å². The molecule has 2 aromatic heterocycles. The van der Waals surface area contributed by atoms with Crippen molar-refractivity contribution in [1.82, 2.24) is 9.97 Å². The number of hydrogen-bond acceptors (Lipinski definition) is 7. The second-order valence-corrected chi connectivity index (χ2v) is 6.55. The molecule has 0 aliphatic rings. The molecule has 2 N–H and O–H groups in total. The number of pyridine rings is 1. The minimum absolute atomic E-state index is 0.0682. The normalized spacial score (nSPS) is 10.6. The molecule has 3 aromatic rings. The van der Waals surface area contributed by atoms with Gasteiger partial charge in [-0.3, -0.25) is 14.9 Å². The highest BCUT2D eigenvalue weighted by Gasteiger charge is 2.19. The lowest BCUT2D eigenvalue weighted by Crippen LogP contribution is -2.21. The minimum atomic E-state index is -0.620. The Morgan fingerprint density at radius 3 is 2.81 bits per heavy atom. The number of hydrogen-bond donors (Lipinski definition) is 2. The number of methoxy groups -OCH3 is 1. The first-order valence-corrected chi connectivity index (χ1v) is 8.91. The highest BCUT2D eigenvalue weighted by Crippen LogP contribution is 2.24. The highest BCUT2D eigenvalue weighted by molar-refractivity contribution is 7.17. The van der Waals surface area contributed by atoms with Crippen molar-refractivity contribution in [2.24, 2.45) is 0 Å². The van der Waals surface area contributed by atoms with Gasteiger partial charge in [0.1, 0.15) is 16.2 Å². The lowest BCUT2D eigenvalue weighted by molar-refractivity contribution is 0.0531. The van der Waals surface area contributed by atoms with Crippen molar-refractivity contribution in [1.29, 1.82) is 0 Å². The maximum Gasteiger partial charge on any atom is 0.350 e. The first kappa shape index (κ1) is 18.6. The Morgan fingerprint density at radius 1 is 1.33 bits per heavy atom. The number of rotatable bonds is 5. The minimum Gasteiger partial charge on any atom is -0.497 e. The molecule has 3 rings (SSSR count). The summed E-state index contributed by atoms with van der Waals surface area (Å²) in [5, 5.41) is 3.11. The topological polar surface area (TPSA) is 110 Å². The van der Waals surface area contributed by atoms with Gasteiger partial charge < -0.3 is 14.5 Å². The number of amides is 1. The van der Waals surface area contributed by atoms with Gasteiger partial charge in [-0.15, -0.1) is 0 Å². The summed E-state index contributed by atoms with van der Waals surface area (Å²) in [7, 11) is 1.50. The molecular weight excluding hydrogens is 370 g/mol. The van der Waals surface area contributed by atoms with E-state index in [1.54, 1.807) is 32.0 Å². The maximum atomic E-state index is 12.7. The van der Waals surface area contributed by atoms with E-state index in [0.29, 0.717) is 27.2 Å². The molecule has 0 radical (unpaired) electrons. The summed E-state index contributed by atoms with van der Waals surface area (Å²) in [6.45, 7) is 3.60. The number of aromatic nitrogens is 2. The first-order valence-electron chi connectivity index (χ1n) is 8.10. The fourth-order valence-electron chi connectivity index (χ4n) is 2.49. The summed E-state index contributed by atoms with van der Waals surface area (Å²) < 4.78 is 10.1. The van der Waals surface area contributed by atoms with E-state index in [-0.39, 0.29) is 17.3 Å². The van der Waals surface area contributed by atoms with Crippen LogP contribution in [0.3, 0.4) is 0 Å². The fourth-order valence-corrected chi connectivity index (χ4v) is 3.35. The Hall–Kier alpha value is -3.20. The number of H-pyrrole nitrogens is 1. The summed E-state index contributed by atoms with van der Waals surface area (Å²) in [4.78, 5) is 44.5. The molecule has 1 aromatic carbocycles. The number of esters is 1. The van der Waals surface area contributed by atoms with Gasteiger partial charge in [-0.1, -0.05) is 11.3 Å². The monoisotopic (exact) mass is 387 g/mol. The second-order valence-electron chi connectivity index (χ2n) is 5.55. The Morgan fingerprint density at radius 2 is 2.11 bits per heavy atom. The van der Waals surface area contributed by atoms with Gasteiger partial charge in [0, 0.05) is 17.1 Å². The number of thiazole rings is 1. The largest absolute Gasteiger partial charge is 0.497 e. The van der Waals surface area contributed by atoms with E-state index in [0.717, 1.165) is 11.3 Å². The molecule has 0 fully saturated rings. The van der Waals surface area contributed by atoms with Crippen LogP contribution in [0.25, 0.3) is 10.9 Å². The number of nitrogens with one attached hydrogen (secondary N) is 2. The quantitative estimate of drug-likeness (QED) is 0.651. The number of aryl methyl sites for hydroxylation is 1. The van der Waals surface area contributed by atoms with Crippen molar-refractivity contribution in [3.8, 4) is 5.75 Å². The third kappa shape index (κ3) is 3.68. The summed E-state index contributed by atoms with van der Waals surface area (Å²) in [6, 6.07) is 4.98. The Bertz CT molecular complexity index is 1090. The molecular formula is C18H17N3O5S. The zero-order valence-electron chi connectivity index (χ0n) is 14.9. The van der Waals surface area contributed by atoms with E-state index in [9.17, 15) is 14.4 Å². The van der Waals surface area contributed by atoms with E-state index in [1.165, 1.54) is 13.3 Å². The molecule has 8 nitrogen and oxygen atoms in total. The van der Waals surface area contributed by atoms with E-state index in [1.807, 2.05) is 0 Å². The van der Waals surface area contributed by atoms with Gasteiger partial charge >= 0.3 is 5.97 Å². The van der Waals surface area contributed by atoms with Crippen LogP contribution in [-0.2, 0) is 4.74 Å². The molecule has 0 saturated carbocycles. The number of aromatic amines is 1. The molecule has 2 heterocycles. The number of nitrogens with zero attached hydrogens (tertiary/aromatic N) is 1. The van der Waals surface area contributed by atoms with Crippen molar-refractivity contribution in [3.63, 3.8) is 0 Å². The molecule has 140 valence electrons. The second kappa shape index (κ2) is 7.58. The summed E-state index contributed by atoms with van der Waals surface area (Å²) >= 11 is 0.996. The van der Waals surface area contributed by atoms with Crippen LogP contribution in [0.5, 0.6) is 5.75 Å². The predicted octanol–water partition coefficient (Wildman–Crippen LogP) is 2.73. The SMILES string of the molecule is CCOC(=O)c1sc(NC(=O)c2c[nH]c3ccc(OC)cc3c2=O)nc1C. The average Bonchev–Trinajstić information content (AvgIpc) is 3.02. The number of carbonyl (C=O) groups is 2. The van der Waals surface area contributed by atoms with Crippen LogP contribution in [0.4, 0.5) is 5.13 Å². The lowest BCUT2D eigenvalue weighted by Gasteiger charge is -2.05. The molecule has 0 aliphatic carbocycles. The molecule has 9 heteroatoms. The molecule has 27 heavy (non-hydrogen) atoms. The van der Waals surface area contributed by atoms with Crippen LogP contribution in [0.2, 0.25) is 0 Å². The molecule has 1 amide bonds. The van der Waals surface area contributed by atoms with E-state index in [4.69, 9.17) is 9.47 Å². The van der Waals surface area contributed by atoms with Crippen LogP contribution in [0.15, 0.2) is 29.2 Å². The third-order valence-electron chi connectivity index (χ3n) is 3.81. The van der Waals surface area contributed by atoms with Gasteiger partial charge in [0.25, 0.3) is 5.91 Å². The van der Waals surface area contributed by atoms with Crippen LogP contribution in [-0.4, -0.2) is 35.6 Å². The molecule has 0 unspecified atom stereocenters. The zero-order valence-corrected chi connectivity index (χ0v) is 15.7. The van der Waals surface area contributed by atoms with Gasteiger partial charge in [0.15, 0.2) is 5.13 Å². The third-order valence-corrected chi connectivity index (χ3v) is 4.86. The van der Waals surface area contributed by atoms with Gasteiger partial charge in [-0.2, -0.15) is 0 Å². The number of benzene rings is 1. The Balaban J connectivity index is 1.91. The van der Waals surface area contributed by atoms with Crippen LogP contribution in [0.1, 0.15) is 32.6 Å². The number of fused-ring (bicyclic) bond motifs is 1. The molecule has 0 bridgehead atoms. The lowest BCUT2D eigenvalue weighted by atomic mass is 10.1. The molecule has 0 saturated heterocycles. The average molecular weight is 387 g/mol. The van der Waals surface area contributed by atoms with E-state index in [2.05, 4.69) is 15.3 Å². The first-order chi connectivity index (χ1) is 12.9. The van der Waals surface area contributed by atoms with Gasteiger partial charge in [0.2, 0.25) is 5.43 Å². The number of carbonyl (C=O) groups excluding carboxylic acids is 2. The van der Waals surface area contributed by atoms with Crippen LogP contribution < -0.4 is 15.5 Å². The molecule has 0 atom stereocenters. The maximum absolute atomic E-state index is 12.7. The fraction of sp³-hybridized carbons (Fsp3) is 0.222. The summed E-state index contributed by atoms with van der Waals surface area (Å²) in [5.41, 5.74) is 0.540. The van der Waals surface area contributed by atoms with E-state index >= 15 is 0 Å². The Labute approximate surface area is 158 Å². The van der Waals surface area contributed by atoms with Crippen LogP contribution >= 0.6 is 11.3 Å². The van der Waals surface area contributed by atoms with Gasteiger partial charge in [-0.05, 0) is 32.0 Å². The van der Waals surface area contributed by atoms with Crippen molar-refractivity contribution >= 4 is 39.2 Å². The summed E-state index contributed by atoms with van der Waals surface area (Å²) in [5.74, 6) is -0.603. The summed E-state index contributed by atoms with van der Waals surface area (Å²) in [6.07, 6.45) is 1.35. The van der Waals surface area contributed by atoms with Crippen molar-refractivity contribution in [2.75, 3.05) is 19.0 Å². The van der Waals surface area contributed by atoms with Gasteiger partial charge in [-0.25, -0.2) is 9.78 Å². The smallest absolute Gasteiger partial charge is 0.350 e. The predicted molar refractivity (Wildman–Crippen MR) is 102 cm³/mol. The van der Waals surface area contributed by atoms with Crippen molar-refractivity contribution in [2.45, 2.75) is 13.8 Å². The molecule has 0 spiro atoms. The zero-order chi connectivity index (χ0) is 19.6. The van der Waals surface area contributed by atoms with Crippen molar-refractivity contribution < 1.29 is 19.1 Å².